The van der Waals surface area contributed by atoms with E-state index in [1.165, 1.54) is 6.07 Å². The Kier molecular flexibility index (Phi) is 3.67. The van der Waals surface area contributed by atoms with Crippen molar-refractivity contribution in [3.8, 4) is 0 Å². The van der Waals surface area contributed by atoms with Gasteiger partial charge >= 0.3 is 0 Å². The summed E-state index contributed by atoms with van der Waals surface area (Å²) in [6.45, 7) is 4.98. The predicted molar refractivity (Wildman–Crippen MR) is 87.3 cm³/mol. The van der Waals surface area contributed by atoms with Crippen LogP contribution in [0.1, 0.15) is 44.2 Å². The summed E-state index contributed by atoms with van der Waals surface area (Å²) in [6.07, 6.45) is 4.12. The average molecular weight is 316 g/mol. The highest BCUT2D eigenvalue weighted by Crippen LogP contribution is 2.60. The van der Waals surface area contributed by atoms with Crippen molar-refractivity contribution in [3.05, 3.63) is 35.6 Å². The van der Waals surface area contributed by atoms with Crippen molar-refractivity contribution in [1.82, 2.24) is 10.2 Å². The van der Waals surface area contributed by atoms with Crippen LogP contribution in [-0.4, -0.2) is 30.4 Å². The third kappa shape index (κ3) is 2.57. The number of benzene rings is 1. The molecule has 2 aliphatic heterocycles. The van der Waals surface area contributed by atoms with Crippen LogP contribution in [0.25, 0.3) is 0 Å². The van der Waals surface area contributed by atoms with Crippen LogP contribution in [0.15, 0.2) is 24.3 Å². The monoisotopic (exact) mass is 316 g/mol. The van der Waals surface area contributed by atoms with E-state index in [0.717, 1.165) is 45.3 Å². The van der Waals surface area contributed by atoms with Gasteiger partial charge in [-0.2, -0.15) is 0 Å². The molecule has 0 unspecified atom stereocenters. The van der Waals surface area contributed by atoms with Crippen LogP contribution in [0.4, 0.5) is 4.39 Å². The Morgan fingerprint density at radius 2 is 2.04 bits per heavy atom. The van der Waals surface area contributed by atoms with Gasteiger partial charge in [0.05, 0.1) is 6.04 Å². The van der Waals surface area contributed by atoms with Gasteiger partial charge in [0.15, 0.2) is 0 Å². The first-order chi connectivity index (χ1) is 11.1. The second-order valence-electron chi connectivity index (χ2n) is 7.74. The minimum absolute atomic E-state index is 0.0851. The van der Waals surface area contributed by atoms with E-state index in [0.29, 0.717) is 11.5 Å². The molecule has 1 saturated carbocycles. The lowest BCUT2D eigenvalue weighted by molar-refractivity contribution is -0.134. The first kappa shape index (κ1) is 15.1. The number of hydrogen-bond donors (Lipinski definition) is 1. The number of carbonyl (C=O) groups excluding carboxylic acids is 1. The Balaban J connectivity index is 1.55. The number of carbonyl (C=O) groups is 1. The largest absolute Gasteiger partial charge is 0.335 e. The van der Waals surface area contributed by atoms with E-state index in [2.05, 4.69) is 12.2 Å². The molecule has 1 spiro atoms. The van der Waals surface area contributed by atoms with E-state index >= 15 is 0 Å². The number of piperidine rings is 1. The van der Waals surface area contributed by atoms with Gasteiger partial charge in [0.25, 0.3) is 0 Å². The maximum absolute atomic E-state index is 14.2. The molecule has 3 nitrogen and oxygen atoms in total. The van der Waals surface area contributed by atoms with E-state index in [4.69, 9.17) is 0 Å². The summed E-state index contributed by atoms with van der Waals surface area (Å²) in [5.74, 6) is 0.691. The van der Waals surface area contributed by atoms with Crippen LogP contribution >= 0.6 is 0 Å². The van der Waals surface area contributed by atoms with Crippen molar-refractivity contribution in [1.29, 1.82) is 0 Å². The summed E-state index contributed by atoms with van der Waals surface area (Å²) < 4.78 is 14.2. The van der Waals surface area contributed by atoms with Crippen LogP contribution in [-0.2, 0) is 4.79 Å². The quantitative estimate of drug-likeness (QED) is 0.909. The molecule has 124 valence electrons. The molecule has 1 aliphatic carbocycles. The van der Waals surface area contributed by atoms with Gasteiger partial charge in [0.1, 0.15) is 5.82 Å². The molecule has 0 aromatic heterocycles. The lowest BCUT2D eigenvalue weighted by atomic mass is 9.91. The number of amides is 1. The minimum Gasteiger partial charge on any atom is -0.335 e. The zero-order valence-electron chi connectivity index (χ0n) is 13.7. The summed E-state index contributed by atoms with van der Waals surface area (Å²) in [5.41, 5.74) is 0.929. The van der Waals surface area contributed by atoms with Crippen molar-refractivity contribution in [2.45, 2.75) is 38.6 Å². The zero-order valence-corrected chi connectivity index (χ0v) is 13.7. The molecule has 23 heavy (non-hydrogen) atoms. The van der Waals surface area contributed by atoms with Gasteiger partial charge in [-0.25, -0.2) is 4.39 Å². The topological polar surface area (TPSA) is 32.3 Å². The fraction of sp³-hybridized carbons (Fsp3) is 0.632. The van der Waals surface area contributed by atoms with Crippen molar-refractivity contribution >= 4 is 5.91 Å². The van der Waals surface area contributed by atoms with Gasteiger partial charge in [-0.3, -0.25) is 4.79 Å². The summed E-state index contributed by atoms with van der Waals surface area (Å²) >= 11 is 0. The van der Waals surface area contributed by atoms with Gasteiger partial charge in [0.2, 0.25) is 5.91 Å². The fourth-order valence-corrected chi connectivity index (χ4v) is 4.70. The second-order valence-corrected chi connectivity index (χ2v) is 7.74. The Hall–Kier alpha value is -1.42. The normalized spacial score (nSPS) is 32.3. The zero-order chi connectivity index (χ0) is 16.0. The Labute approximate surface area is 137 Å². The number of nitrogens with one attached hydrogen (secondary N) is 1. The minimum atomic E-state index is -0.184. The number of nitrogens with zero attached hydrogens (tertiary/aromatic N) is 1. The SMILES string of the molecule is C[C@@H]1C[C@@H](c2ccccc2F)N(C(=O)[C@H]2CC23CCNCC3)C1. The number of likely N-dealkylation sites (tertiary alicyclic amines) is 1. The van der Waals surface area contributed by atoms with E-state index < -0.39 is 0 Å². The van der Waals surface area contributed by atoms with Crippen LogP contribution in [0, 0.1) is 23.1 Å². The predicted octanol–water partition coefficient (Wildman–Crippen LogP) is 3.12. The standard InChI is InChI=1S/C19H25FN2O/c1-13-10-17(14-4-2-3-5-16(14)20)22(12-13)18(23)15-11-19(15)6-8-21-9-7-19/h2-5,13,15,17,21H,6-12H2,1H3/t13-,15-,17+/m1/s1. The highest BCUT2D eigenvalue weighted by atomic mass is 19.1. The van der Waals surface area contributed by atoms with Gasteiger partial charge < -0.3 is 10.2 Å². The molecule has 4 rings (SSSR count). The average Bonchev–Trinajstić information content (AvgIpc) is 3.09. The van der Waals surface area contributed by atoms with Crippen molar-refractivity contribution in [2.24, 2.45) is 17.3 Å². The molecule has 3 fully saturated rings. The first-order valence-corrected chi connectivity index (χ1v) is 8.86. The Morgan fingerprint density at radius 3 is 2.78 bits per heavy atom. The smallest absolute Gasteiger partial charge is 0.226 e. The highest BCUT2D eigenvalue weighted by Gasteiger charge is 2.59. The van der Waals surface area contributed by atoms with Gasteiger partial charge in [-0.05, 0) is 56.2 Å². The number of halogens is 1. The van der Waals surface area contributed by atoms with Crippen LogP contribution in [0.2, 0.25) is 0 Å². The van der Waals surface area contributed by atoms with Gasteiger partial charge in [-0.1, -0.05) is 25.1 Å². The number of rotatable bonds is 2. The van der Waals surface area contributed by atoms with E-state index in [1.54, 1.807) is 6.07 Å². The fourth-order valence-electron chi connectivity index (χ4n) is 4.70. The number of hydrogen-bond acceptors (Lipinski definition) is 2. The van der Waals surface area contributed by atoms with Gasteiger partial charge in [-0.15, -0.1) is 0 Å². The molecular weight excluding hydrogens is 291 g/mol. The highest BCUT2D eigenvalue weighted by molar-refractivity contribution is 5.83. The molecule has 0 bridgehead atoms. The summed E-state index contributed by atoms with van der Waals surface area (Å²) in [5, 5.41) is 3.38. The Bertz CT molecular complexity index is 611. The molecule has 3 aliphatic rings. The lowest BCUT2D eigenvalue weighted by Crippen LogP contribution is -2.36. The van der Waals surface area contributed by atoms with E-state index in [1.807, 2.05) is 17.0 Å². The Morgan fingerprint density at radius 1 is 1.30 bits per heavy atom. The third-order valence-electron chi connectivity index (χ3n) is 6.14. The van der Waals surface area contributed by atoms with Crippen LogP contribution < -0.4 is 5.32 Å². The van der Waals surface area contributed by atoms with Gasteiger partial charge in [0, 0.05) is 18.0 Å². The van der Waals surface area contributed by atoms with Crippen LogP contribution in [0.5, 0.6) is 0 Å². The summed E-state index contributed by atoms with van der Waals surface area (Å²) in [7, 11) is 0. The third-order valence-corrected chi connectivity index (χ3v) is 6.14. The van der Waals surface area contributed by atoms with Crippen molar-refractivity contribution in [2.75, 3.05) is 19.6 Å². The molecule has 1 N–H and O–H groups in total. The lowest BCUT2D eigenvalue weighted by Gasteiger charge is -2.28. The maximum Gasteiger partial charge on any atom is 0.226 e. The molecule has 1 aromatic rings. The molecular formula is C19H25FN2O. The van der Waals surface area contributed by atoms with E-state index in [9.17, 15) is 9.18 Å². The second kappa shape index (κ2) is 5.59. The first-order valence-electron chi connectivity index (χ1n) is 8.86. The van der Waals surface area contributed by atoms with E-state index in [-0.39, 0.29) is 29.1 Å². The molecule has 2 saturated heterocycles. The summed E-state index contributed by atoms with van der Waals surface area (Å²) in [4.78, 5) is 15.1. The molecule has 0 radical (unpaired) electrons. The maximum atomic E-state index is 14.2. The summed E-state index contributed by atoms with van der Waals surface area (Å²) in [6, 6.07) is 6.85. The van der Waals surface area contributed by atoms with Crippen molar-refractivity contribution < 1.29 is 9.18 Å². The van der Waals surface area contributed by atoms with Crippen molar-refractivity contribution in [3.63, 3.8) is 0 Å². The molecule has 3 atom stereocenters. The molecule has 2 heterocycles. The molecule has 1 amide bonds. The van der Waals surface area contributed by atoms with Crippen LogP contribution in [0.3, 0.4) is 0 Å². The molecule has 1 aromatic carbocycles. The molecule has 4 heteroatoms.